The van der Waals surface area contributed by atoms with Gasteiger partial charge in [-0.15, -0.1) is 0 Å². The molecule has 0 spiro atoms. The largest absolute Gasteiger partial charge is 0.493 e. The fraction of sp³-hybridized carbons (Fsp3) is 0.235. The zero-order valence-electron chi connectivity index (χ0n) is 13.2. The summed E-state index contributed by atoms with van der Waals surface area (Å²) in [6, 6.07) is 6.97. The van der Waals surface area contributed by atoms with Crippen LogP contribution in [-0.2, 0) is 6.42 Å². The van der Waals surface area contributed by atoms with Crippen LogP contribution in [0.3, 0.4) is 0 Å². The molecule has 0 fully saturated rings. The third kappa shape index (κ3) is 4.14. The molecule has 0 aliphatic heterocycles. The number of halogens is 3. The lowest BCUT2D eigenvalue weighted by Crippen LogP contribution is -2.26. The van der Waals surface area contributed by atoms with E-state index in [-0.39, 0.29) is 10.6 Å². The molecular formula is C17H16ClF2NO3. The van der Waals surface area contributed by atoms with Crippen LogP contribution in [0.2, 0.25) is 5.02 Å². The number of hydrogen-bond acceptors (Lipinski definition) is 3. The van der Waals surface area contributed by atoms with Crippen molar-refractivity contribution < 1.29 is 23.0 Å². The van der Waals surface area contributed by atoms with Gasteiger partial charge in [-0.1, -0.05) is 17.7 Å². The Morgan fingerprint density at radius 1 is 1.08 bits per heavy atom. The summed E-state index contributed by atoms with van der Waals surface area (Å²) >= 11 is 5.77. The predicted molar refractivity (Wildman–Crippen MR) is 87.0 cm³/mol. The van der Waals surface area contributed by atoms with Crippen molar-refractivity contribution in [3.05, 3.63) is 58.1 Å². The SMILES string of the molecule is COc1ccc(CCNC(=O)c2cc(F)c(F)cc2Cl)cc1OC. The van der Waals surface area contributed by atoms with Crippen LogP contribution in [-0.4, -0.2) is 26.7 Å². The quantitative estimate of drug-likeness (QED) is 0.805. The molecule has 0 saturated heterocycles. The molecule has 0 bridgehead atoms. The molecule has 0 atom stereocenters. The Balaban J connectivity index is 1.99. The van der Waals surface area contributed by atoms with Crippen molar-refractivity contribution in [3.8, 4) is 11.5 Å². The number of amides is 1. The summed E-state index contributed by atoms with van der Waals surface area (Å²) in [7, 11) is 3.08. The lowest BCUT2D eigenvalue weighted by Gasteiger charge is -2.10. The number of ether oxygens (including phenoxy) is 2. The number of carbonyl (C=O) groups excluding carboxylic acids is 1. The molecule has 24 heavy (non-hydrogen) atoms. The first-order valence-electron chi connectivity index (χ1n) is 7.10. The van der Waals surface area contributed by atoms with Gasteiger partial charge in [0.1, 0.15) is 0 Å². The Morgan fingerprint density at radius 2 is 1.75 bits per heavy atom. The molecule has 0 unspecified atom stereocenters. The van der Waals surface area contributed by atoms with Crippen LogP contribution in [0.25, 0.3) is 0 Å². The second-order valence-electron chi connectivity index (χ2n) is 4.94. The summed E-state index contributed by atoms with van der Waals surface area (Å²) in [5.41, 5.74) is 0.812. The van der Waals surface area contributed by atoms with Crippen LogP contribution in [0.15, 0.2) is 30.3 Å². The van der Waals surface area contributed by atoms with Gasteiger partial charge in [0, 0.05) is 6.54 Å². The number of benzene rings is 2. The average Bonchev–Trinajstić information content (AvgIpc) is 2.57. The van der Waals surface area contributed by atoms with Crippen molar-refractivity contribution >= 4 is 17.5 Å². The Kier molecular flexibility index (Phi) is 5.98. The highest BCUT2D eigenvalue weighted by molar-refractivity contribution is 6.33. The third-order valence-electron chi connectivity index (χ3n) is 3.40. The van der Waals surface area contributed by atoms with E-state index in [4.69, 9.17) is 21.1 Å². The van der Waals surface area contributed by atoms with E-state index in [1.165, 1.54) is 7.11 Å². The van der Waals surface area contributed by atoms with E-state index in [1.807, 2.05) is 6.07 Å². The van der Waals surface area contributed by atoms with Crippen LogP contribution in [0, 0.1) is 11.6 Å². The fourth-order valence-electron chi connectivity index (χ4n) is 2.15. The first-order valence-corrected chi connectivity index (χ1v) is 7.47. The number of carbonyl (C=O) groups is 1. The summed E-state index contributed by atoms with van der Waals surface area (Å²) in [6.45, 7) is 0.295. The molecule has 1 amide bonds. The highest BCUT2D eigenvalue weighted by Crippen LogP contribution is 2.27. The number of nitrogens with one attached hydrogen (secondary N) is 1. The molecule has 128 valence electrons. The molecule has 1 N–H and O–H groups in total. The van der Waals surface area contributed by atoms with E-state index >= 15 is 0 Å². The molecular weight excluding hydrogens is 340 g/mol. The molecule has 0 aliphatic rings. The van der Waals surface area contributed by atoms with E-state index in [0.717, 1.165) is 17.7 Å². The van der Waals surface area contributed by atoms with Crippen molar-refractivity contribution in [3.63, 3.8) is 0 Å². The van der Waals surface area contributed by atoms with E-state index in [0.29, 0.717) is 24.5 Å². The average molecular weight is 356 g/mol. The zero-order valence-corrected chi connectivity index (χ0v) is 13.9. The minimum atomic E-state index is -1.12. The minimum Gasteiger partial charge on any atom is -0.493 e. The lowest BCUT2D eigenvalue weighted by molar-refractivity contribution is 0.0953. The van der Waals surface area contributed by atoms with Crippen molar-refractivity contribution in [2.24, 2.45) is 0 Å². The van der Waals surface area contributed by atoms with E-state index in [9.17, 15) is 13.6 Å². The molecule has 2 aromatic carbocycles. The Labute approximate surface area is 143 Å². The maximum absolute atomic E-state index is 13.2. The van der Waals surface area contributed by atoms with E-state index in [2.05, 4.69) is 5.32 Å². The topological polar surface area (TPSA) is 47.6 Å². The predicted octanol–water partition coefficient (Wildman–Crippen LogP) is 3.61. The van der Waals surface area contributed by atoms with Gasteiger partial charge in [-0.3, -0.25) is 4.79 Å². The lowest BCUT2D eigenvalue weighted by atomic mass is 10.1. The molecule has 2 rings (SSSR count). The summed E-state index contributed by atoms with van der Waals surface area (Å²) in [5.74, 6) is -1.59. The van der Waals surface area contributed by atoms with Crippen LogP contribution in [0.5, 0.6) is 11.5 Å². The molecule has 0 heterocycles. The van der Waals surface area contributed by atoms with Crippen molar-refractivity contribution in [1.29, 1.82) is 0 Å². The van der Waals surface area contributed by atoms with Crippen molar-refractivity contribution in [2.75, 3.05) is 20.8 Å². The monoisotopic (exact) mass is 355 g/mol. The van der Waals surface area contributed by atoms with Crippen molar-refractivity contribution in [2.45, 2.75) is 6.42 Å². The van der Waals surface area contributed by atoms with Crippen LogP contribution in [0.4, 0.5) is 8.78 Å². The Bertz CT molecular complexity index is 753. The van der Waals surface area contributed by atoms with Gasteiger partial charge in [-0.05, 0) is 36.2 Å². The van der Waals surface area contributed by atoms with Gasteiger partial charge >= 0.3 is 0 Å². The standard InChI is InChI=1S/C17H16ClF2NO3/c1-23-15-4-3-10(7-16(15)24-2)5-6-21-17(22)11-8-13(19)14(20)9-12(11)18/h3-4,7-9H,5-6H2,1-2H3,(H,21,22). The molecule has 0 aromatic heterocycles. The number of hydrogen-bond donors (Lipinski definition) is 1. The van der Waals surface area contributed by atoms with Crippen molar-refractivity contribution in [1.82, 2.24) is 5.32 Å². The molecule has 0 aliphatic carbocycles. The van der Waals surface area contributed by atoms with Gasteiger partial charge in [0.15, 0.2) is 23.1 Å². The van der Waals surface area contributed by atoms with Crippen LogP contribution in [0.1, 0.15) is 15.9 Å². The first-order chi connectivity index (χ1) is 11.5. The zero-order chi connectivity index (χ0) is 17.7. The van der Waals surface area contributed by atoms with E-state index < -0.39 is 17.5 Å². The van der Waals surface area contributed by atoms with Gasteiger partial charge in [-0.2, -0.15) is 0 Å². The van der Waals surface area contributed by atoms with Crippen LogP contribution >= 0.6 is 11.6 Å². The molecule has 0 saturated carbocycles. The normalized spacial score (nSPS) is 10.4. The maximum Gasteiger partial charge on any atom is 0.252 e. The Hall–Kier alpha value is -2.34. The second kappa shape index (κ2) is 7.97. The first kappa shape index (κ1) is 18.0. The van der Waals surface area contributed by atoms with Gasteiger partial charge < -0.3 is 14.8 Å². The van der Waals surface area contributed by atoms with Gasteiger partial charge in [-0.25, -0.2) is 8.78 Å². The summed E-state index contributed by atoms with van der Waals surface area (Å²) < 4.78 is 36.6. The minimum absolute atomic E-state index is 0.108. The molecule has 2 aromatic rings. The van der Waals surface area contributed by atoms with Gasteiger partial charge in [0.2, 0.25) is 0 Å². The summed E-state index contributed by atoms with van der Waals surface area (Å²) in [6.07, 6.45) is 0.521. The van der Waals surface area contributed by atoms with Gasteiger partial charge in [0.25, 0.3) is 5.91 Å². The molecule has 4 nitrogen and oxygen atoms in total. The van der Waals surface area contributed by atoms with Crippen LogP contribution < -0.4 is 14.8 Å². The Morgan fingerprint density at radius 3 is 2.42 bits per heavy atom. The highest BCUT2D eigenvalue weighted by Gasteiger charge is 2.14. The fourth-order valence-corrected chi connectivity index (χ4v) is 2.38. The number of rotatable bonds is 6. The summed E-state index contributed by atoms with van der Waals surface area (Å²) in [5, 5.41) is 2.48. The highest BCUT2D eigenvalue weighted by atomic mass is 35.5. The smallest absolute Gasteiger partial charge is 0.252 e. The van der Waals surface area contributed by atoms with E-state index in [1.54, 1.807) is 19.2 Å². The molecule has 7 heteroatoms. The number of methoxy groups -OCH3 is 2. The summed E-state index contributed by atoms with van der Waals surface area (Å²) in [4.78, 5) is 12.0. The molecule has 0 radical (unpaired) electrons. The third-order valence-corrected chi connectivity index (χ3v) is 3.71. The second-order valence-corrected chi connectivity index (χ2v) is 5.35. The van der Waals surface area contributed by atoms with Gasteiger partial charge in [0.05, 0.1) is 24.8 Å². The maximum atomic E-state index is 13.2.